The second-order valence-electron chi connectivity index (χ2n) is 5.38. The maximum absolute atomic E-state index is 12.9. The molecule has 0 atom stereocenters. The lowest BCUT2D eigenvalue weighted by Gasteiger charge is -2.20. The van der Waals surface area contributed by atoms with Gasteiger partial charge in [0.1, 0.15) is 12.5 Å². The highest BCUT2D eigenvalue weighted by Gasteiger charge is 2.24. The quantitative estimate of drug-likeness (QED) is 0.675. The van der Waals surface area contributed by atoms with Crippen LogP contribution in [0.2, 0.25) is 0 Å². The number of benzene rings is 2. The number of hydrogen-bond donors (Lipinski definition) is 0. The van der Waals surface area contributed by atoms with Crippen molar-refractivity contribution in [3.8, 4) is 17.3 Å². The molecule has 3 rings (SSSR count). The van der Waals surface area contributed by atoms with Gasteiger partial charge in [-0.05, 0) is 24.3 Å². The van der Waals surface area contributed by atoms with Gasteiger partial charge in [-0.25, -0.2) is 9.36 Å². The summed E-state index contributed by atoms with van der Waals surface area (Å²) >= 11 is 0. The molecule has 0 aliphatic carbocycles. The van der Waals surface area contributed by atoms with E-state index in [0.717, 1.165) is 9.13 Å². The van der Waals surface area contributed by atoms with E-state index in [1.54, 1.807) is 73.2 Å². The van der Waals surface area contributed by atoms with E-state index < -0.39 is 28.0 Å². The Labute approximate surface area is 141 Å². The molecule has 1 heterocycles. The maximum Gasteiger partial charge on any atom is 0.339 e. The molecule has 5 nitrogen and oxygen atoms in total. The Morgan fingerprint density at radius 2 is 1.25 bits per heavy atom. The van der Waals surface area contributed by atoms with E-state index in [9.17, 15) is 14.7 Å². The van der Waals surface area contributed by atoms with Crippen LogP contribution in [0.3, 0.4) is 0 Å². The van der Waals surface area contributed by atoms with Gasteiger partial charge >= 0.3 is 11.2 Å². The molecule has 24 heavy (non-hydrogen) atoms. The molecule has 0 aliphatic rings. The first kappa shape index (κ1) is 16.1. The predicted octanol–water partition coefficient (Wildman–Crippen LogP) is 1.30. The van der Waals surface area contributed by atoms with E-state index in [4.69, 9.17) is 0 Å². The highest BCUT2D eigenvalue weighted by molar-refractivity contribution is 7.95. The van der Waals surface area contributed by atoms with Gasteiger partial charge in [-0.15, -0.1) is 0 Å². The number of para-hydroxylation sites is 2. The largest absolute Gasteiger partial charge is 0.856 e. The van der Waals surface area contributed by atoms with Crippen molar-refractivity contribution in [1.82, 2.24) is 9.13 Å². The van der Waals surface area contributed by atoms with Gasteiger partial charge in [-0.2, -0.15) is 0 Å². The first-order valence-electron chi connectivity index (χ1n) is 7.30. The van der Waals surface area contributed by atoms with Crippen LogP contribution in [-0.4, -0.2) is 21.6 Å². The Balaban J connectivity index is 2.46. The smallest absolute Gasteiger partial charge is 0.339 e. The van der Waals surface area contributed by atoms with Crippen molar-refractivity contribution in [2.24, 2.45) is 0 Å². The Kier molecular flexibility index (Phi) is 4.31. The molecule has 1 aromatic heterocycles. The summed E-state index contributed by atoms with van der Waals surface area (Å²) in [5.41, 5.74) is -0.305. The second-order valence-corrected chi connectivity index (χ2v) is 7.42. The lowest BCUT2D eigenvalue weighted by Crippen LogP contribution is -2.42. The van der Waals surface area contributed by atoms with Gasteiger partial charge in [-0.1, -0.05) is 36.4 Å². The summed E-state index contributed by atoms with van der Waals surface area (Å²) in [6, 6.07) is 17.3. The van der Waals surface area contributed by atoms with E-state index in [1.165, 1.54) is 0 Å². The zero-order valence-electron chi connectivity index (χ0n) is 13.3. The maximum atomic E-state index is 12.9. The van der Waals surface area contributed by atoms with Crippen LogP contribution in [-0.2, 0) is 10.9 Å². The van der Waals surface area contributed by atoms with Crippen molar-refractivity contribution in [2.75, 3.05) is 12.5 Å². The molecule has 0 bridgehead atoms. The summed E-state index contributed by atoms with van der Waals surface area (Å²) in [5.74, 6) is -0.545. The minimum Gasteiger partial charge on any atom is -0.856 e. The summed E-state index contributed by atoms with van der Waals surface area (Å²) < 4.78 is 2.13. The van der Waals surface area contributed by atoms with E-state index in [1.807, 2.05) is 0 Å². The zero-order valence-corrected chi connectivity index (χ0v) is 14.1. The van der Waals surface area contributed by atoms with Crippen LogP contribution in [0.5, 0.6) is 5.88 Å². The molecule has 0 aliphatic heterocycles. The van der Waals surface area contributed by atoms with Crippen LogP contribution in [0.25, 0.3) is 11.4 Å². The molecule has 0 saturated heterocycles. The molecule has 0 N–H and O–H groups in total. The SMILES string of the molecule is C[S+](C)c1c([O-])n(-c2ccccc2)c(=O)n(-c2ccccc2)c1=O. The Morgan fingerprint density at radius 1 is 0.792 bits per heavy atom. The number of aromatic nitrogens is 2. The van der Waals surface area contributed by atoms with Gasteiger partial charge in [0.25, 0.3) is 0 Å². The lowest BCUT2D eigenvalue weighted by molar-refractivity contribution is -0.282. The van der Waals surface area contributed by atoms with Crippen LogP contribution >= 0.6 is 0 Å². The van der Waals surface area contributed by atoms with Gasteiger partial charge in [0.15, 0.2) is 0 Å². The molecule has 3 aromatic rings. The third kappa shape index (κ3) is 2.65. The topological polar surface area (TPSA) is 67.1 Å². The third-order valence-corrected chi connectivity index (χ3v) is 4.78. The molecular formula is C18H16N2O3S. The molecule has 0 amide bonds. The normalized spacial score (nSPS) is 11.0. The average Bonchev–Trinajstić information content (AvgIpc) is 2.56. The fourth-order valence-electron chi connectivity index (χ4n) is 2.53. The van der Waals surface area contributed by atoms with E-state index in [0.29, 0.717) is 11.4 Å². The minimum atomic E-state index is -0.656. The molecule has 2 aromatic carbocycles. The summed E-state index contributed by atoms with van der Waals surface area (Å²) in [4.78, 5) is 25.8. The summed E-state index contributed by atoms with van der Waals surface area (Å²) in [6.07, 6.45) is 3.60. The van der Waals surface area contributed by atoms with Crippen LogP contribution in [0.1, 0.15) is 0 Å². The summed E-state index contributed by atoms with van der Waals surface area (Å²) in [6.45, 7) is 0. The van der Waals surface area contributed by atoms with Crippen molar-refractivity contribution in [3.05, 3.63) is 81.5 Å². The van der Waals surface area contributed by atoms with Crippen molar-refractivity contribution in [3.63, 3.8) is 0 Å². The zero-order chi connectivity index (χ0) is 17.3. The Bertz CT molecular complexity index is 977. The molecule has 0 fully saturated rings. The van der Waals surface area contributed by atoms with Crippen molar-refractivity contribution >= 4 is 10.9 Å². The summed E-state index contributed by atoms with van der Waals surface area (Å²) in [7, 11) is -0.584. The molecule has 0 saturated carbocycles. The van der Waals surface area contributed by atoms with Crippen LogP contribution in [0.15, 0.2) is 75.1 Å². The standard InChI is InChI=1S/C18H16N2O3S/c1-24(2)15-16(21)19(13-9-5-3-6-10-13)18(23)20(17(15)22)14-11-7-4-8-12-14/h3-12H,1-2H3. The van der Waals surface area contributed by atoms with Gasteiger partial charge < -0.3 is 5.11 Å². The highest BCUT2D eigenvalue weighted by atomic mass is 32.2. The van der Waals surface area contributed by atoms with Crippen molar-refractivity contribution in [1.29, 1.82) is 0 Å². The van der Waals surface area contributed by atoms with E-state index in [-0.39, 0.29) is 4.90 Å². The molecular weight excluding hydrogens is 324 g/mol. The van der Waals surface area contributed by atoms with E-state index >= 15 is 0 Å². The fraction of sp³-hybridized carbons (Fsp3) is 0.111. The summed E-state index contributed by atoms with van der Waals surface area (Å²) in [5, 5.41) is 12.8. The van der Waals surface area contributed by atoms with Crippen LogP contribution < -0.4 is 16.4 Å². The monoisotopic (exact) mass is 340 g/mol. The first-order chi connectivity index (χ1) is 11.5. The molecule has 0 unspecified atom stereocenters. The molecule has 0 spiro atoms. The molecule has 6 heteroatoms. The Morgan fingerprint density at radius 3 is 1.71 bits per heavy atom. The second kappa shape index (κ2) is 6.41. The minimum absolute atomic E-state index is 0.127. The van der Waals surface area contributed by atoms with Gasteiger partial charge in [0.05, 0.1) is 5.69 Å². The van der Waals surface area contributed by atoms with Crippen molar-refractivity contribution < 1.29 is 5.11 Å². The number of hydrogen-bond acceptors (Lipinski definition) is 3. The van der Waals surface area contributed by atoms with Crippen LogP contribution in [0, 0.1) is 0 Å². The highest BCUT2D eigenvalue weighted by Crippen LogP contribution is 2.19. The third-order valence-electron chi connectivity index (χ3n) is 3.61. The van der Waals surface area contributed by atoms with Gasteiger partial charge in [-0.3, -0.25) is 9.36 Å². The Hall–Kier alpha value is -2.73. The van der Waals surface area contributed by atoms with Gasteiger partial charge in [0, 0.05) is 22.5 Å². The lowest BCUT2D eigenvalue weighted by atomic mass is 10.3. The first-order valence-corrected chi connectivity index (χ1v) is 9.34. The molecule has 0 radical (unpaired) electrons. The number of rotatable bonds is 3. The average molecular weight is 340 g/mol. The van der Waals surface area contributed by atoms with Gasteiger partial charge in [0.2, 0.25) is 4.90 Å². The predicted molar refractivity (Wildman–Crippen MR) is 94.6 cm³/mol. The van der Waals surface area contributed by atoms with Crippen LogP contribution in [0.4, 0.5) is 0 Å². The van der Waals surface area contributed by atoms with Crippen molar-refractivity contribution in [2.45, 2.75) is 4.90 Å². The molecule has 122 valence electrons. The fourth-order valence-corrected chi connectivity index (χ4v) is 3.41. The van der Waals surface area contributed by atoms with E-state index in [2.05, 4.69) is 0 Å². The number of nitrogens with zero attached hydrogens (tertiary/aromatic N) is 2.